The lowest BCUT2D eigenvalue weighted by Gasteiger charge is -2.25. The van der Waals surface area contributed by atoms with Gasteiger partial charge in [0.2, 0.25) is 5.78 Å². The minimum Gasteiger partial charge on any atom is -0.493 e. The summed E-state index contributed by atoms with van der Waals surface area (Å²) in [7, 11) is 1.48. The van der Waals surface area contributed by atoms with Gasteiger partial charge in [-0.15, -0.1) is 0 Å². The predicted molar refractivity (Wildman–Crippen MR) is 67.6 cm³/mol. The summed E-state index contributed by atoms with van der Waals surface area (Å²) < 4.78 is 18.2. The number of anilines is 1. The summed E-state index contributed by atoms with van der Waals surface area (Å²) in [6.07, 6.45) is 1.99. The van der Waals surface area contributed by atoms with Crippen LogP contribution in [0.1, 0.15) is 6.42 Å². The standard InChI is InChI=1S/C13H10FNO2S/c1-17-11-5-9-13(6-10(11)16)18-12-4-7(14)2-3-8(12)15-9/h2-5,15H,6H2,1H3. The predicted octanol–water partition coefficient (Wildman–Crippen LogP) is 3.06. The molecule has 1 aromatic carbocycles. The van der Waals surface area contributed by atoms with E-state index in [9.17, 15) is 9.18 Å². The zero-order valence-corrected chi connectivity index (χ0v) is 10.4. The summed E-state index contributed by atoms with van der Waals surface area (Å²) in [5.74, 6) is 0.0279. The summed E-state index contributed by atoms with van der Waals surface area (Å²) in [4.78, 5) is 13.4. The molecule has 0 amide bonds. The maximum absolute atomic E-state index is 13.2. The third kappa shape index (κ3) is 1.80. The number of halogens is 1. The van der Waals surface area contributed by atoms with Crippen LogP contribution in [0.25, 0.3) is 0 Å². The topological polar surface area (TPSA) is 38.3 Å². The highest BCUT2D eigenvalue weighted by Gasteiger charge is 2.26. The molecule has 18 heavy (non-hydrogen) atoms. The van der Waals surface area contributed by atoms with E-state index in [1.165, 1.54) is 31.0 Å². The molecule has 0 aromatic heterocycles. The number of hydrogen-bond acceptors (Lipinski definition) is 4. The van der Waals surface area contributed by atoms with Gasteiger partial charge in [-0.2, -0.15) is 0 Å². The van der Waals surface area contributed by atoms with E-state index in [0.29, 0.717) is 12.2 Å². The van der Waals surface area contributed by atoms with Crippen LogP contribution in [0.5, 0.6) is 0 Å². The van der Waals surface area contributed by atoms with Crippen LogP contribution in [-0.2, 0) is 9.53 Å². The molecule has 1 N–H and O–H groups in total. The number of fused-ring (bicyclic) bond motifs is 1. The first-order chi connectivity index (χ1) is 8.67. The zero-order valence-electron chi connectivity index (χ0n) is 9.62. The van der Waals surface area contributed by atoms with E-state index in [1.807, 2.05) is 0 Å². The molecule has 0 radical (unpaired) electrons. The molecule has 3 nitrogen and oxygen atoms in total. The number of ether oxygens (including phenoxy) is 1. The molecule has 0 unspecified atom stereocenters. The third-order valence-corrected chi connectivity index (χ3v) is 4.01. The molecule has 1 aliphatic heterocycles. The number of hydrogen-bond donors (Lipinski definition) is 1. The highest BCUT2D eigenvalue weighted by Crippen LogP contribution is 2.43. The highest BCUT2D eigenvalue weighted by molar-refractivity contribution is 8.03. The van der Waals surface area contributed by atoms with Crippen LogP contribution < -0.4 is 5.32 Å². The average Bonchev–Trinajstić information content (AvgIpc) is 2.35. The molecule has 0 saturated carbocycles. The van der Waals surface area contributed by atoms with Gasteiger partial charge in [-0.25, -0.2) is 4.39 Å². The fourth-order valence-electron chi connectivity index (χ4n) is 1.95. The van der Waals surface area contributed by atoms with Crippen molar-refractivity contribution in [3.63, 3.8) is 0 Å². The Bertz CT molecular complexity index is 607. The first kappa shape index (κ1) is 11.3. The lowest BCUT2D eigenvalue weighted by atomic mass is 10.1. The van der Waals surface area contributed by atoms with E-state index in [1.54, 1.807) is 12.1 Å². The third-order valence-electron chi connectivity index (χ3n) is 2.84. The number of rotatable bonds is 1. The first-order valence-corrected chi connectivity index (χ1v) is 6.25. The van der Waals surface area contributed by atoms with Gasteiger partial charge in [0.05, 0.1) is 18.5 Å². The maximum atomic E-state index is 13.2. The Morgan fingerprint density at radius 3 is 3.06 bits per heavy atom. The van der Waals surface area contributed by atoms with Gasteiger partial charge >= 0.3 is 0 Å². The number of carbonyl (C=O) groups is 1. The molecule has 3 rings (SSSR count). The molecule has 0 fully saturated rings. The summed E-state index contributed by atoms with van der Waals surface area (Å²) >= 11 is 1.43. The van der Waals surface area contributed by atoms with E-state index >= 15 is 0 Å². The van der Waals surface area contributed by atoms with Crippen molar-refractivity contribution in [1.82, 2.24) is 0 Å². The van der Waals surface area contributed by atoms with E-state index in [4.69, 9.17) is 4.74 Å². The molecule has 1 aliphatic carbocycles. The Balaban J connectivity index is 2.00. The minimum atomic E-state index is -0.276. The van der Waals surface area contributed by atoms with Crippen LogP contribution in [0.3, 0.4) is 0 Å². The Kier molecular flexibility index (Phi) is 2.63. The van der Waals surface area contributed by atoms with Crippen molar-refractivity contribution in [3.05, 3.63) is 46.5 Å². The normalized spacial score (nSPS) is 17.7. The molecule has 2 aliphatic rings. The van der Waals surface area contributed by atoms with Crippen molar-refractivity contribution < 1.29 is 13.9 Å². The van der Waals surface area contributed by atoms with Gasteiger partial charge in [0, 0.05) is 22.3 Å². The fraction of sp³-hybridized carbons (Fsp3) is 0.154. The molecule has 92 valence electrons. The second-order valence-corrected chi connectivity index (χ2v) is 5.15. The minimum absolute atomic E-state index is 0.0506. The Morgan fingerprint density at radius 1 is 1.44 bits per heavy atom. The van der Waals surface area contributed by atoms with Crippen molar-refractivity contribution in [1.29, 1.82) is 0 Å². The van der Waals surface area contributed by atoms with Gasteiger partial charge in [-0.1, -0.05) is 11.8 Å². The van der Waals surface area contributed by atoms with Gasteiger partial charge in [-0.3, -0.25) is 4.79 Å². The quantitative estimate of drug-likeness (QED) is 0.845. The van der Waals surface area contributed by atoms with Crippen molar-refractivity contribution in [2.75, 3.05) is 12.4 Å². The average molecular weight is 263 g/mol. The number of methoxy groups -OCH3 is 1. The number of allylic oxidation sites excluding steroid dienone is 3. The van der Waals surface area contributed by atoms with Crippen LogP contribution in [0.15, 0.2) is 45.5 Å². The van der Waals surface area contributed by atoms with E-state index < -0.39 is 0 Å². The van der Waals surface area contributed by atoms with Crippen molar-refractivity contribution in [2.45, 2.75) is 11.3 Å². The Hall–Kier alpha value is -1.75. The molecule has 5 heteroatoms. The van der Waals surface area contributed by atoms with Gasteiger partial charge in [0.1, 0.15) is 5.82 Å². The number of Topliss-reactive ketones (excluding diaryl/α,β-unsaturated/α-hetero) is 1. The van der Waals surface area contributed by atoms with Crippen LogP contribution in [0, 0.1) is 5.82 Å². The monoisotopic (exact) mass is 263 g/mol. The molecule has 0 atom stereocenters. The lowest BCUT2D eigenvalue weighted by Crippen LogP contribution is -2.17. The molecule has 1 aromatic rings. The van der Waals surface area contributed by atoms with Gasteiger partial charge < -0.3 is 10.1 Å². The van der Waals surface area contributed by atoms with Crippen molar-refractivity contribution in [2.24, 2.45) is 0 Å². The van der Waals surface area contributed by atoms with E-state index in [-0.39, 0.29) is 11.6 Å². The highest BCUT2D eigenvalue weighted by atomic mass is 32.2. The summed E-state index contributed by atoms with van der Waals surface area (Å²) in [6, 6.07) is 4.57. The molecular weight excluding hydrogens is 253 g/mol. The molecule has 0 bridgehead atoms. The SMILES string of the molecule is COC1=CC2=C(CC1=O)Sc1cc(F)ccc1N2. The van der Waals surface area contributed by atoms with Crippen LogP contribution in [0.4, 0.5) is 10.1 Å². The first-order valence-electron chi connectivity index (χ1n) is 5.44. The molecular formula is C13H10FNO2S. The van der Waals surface area contributed by atoms with Crippen molar-refractivity contribution >= 4 is 23.2 Å². The fourth-order valence-corrected chi connectivity index (χ4v) is 3.04. The second kappa shape index (κ2) is 4.17. The van der Waals surface area contributed by atoms with E-state index in [2.05, 4.69) is 5.32 Å². The van der Waals surface area contributed by atoms with E-state index in [0.717, 1.165) is 21.2 Å². The number of nitrogens with one attached hydrogen (secondary N) is 1. The molecule has 0 saturated heterocycles. The lowest BCUT2D eigenvalue weighted by molar-refractivity contribution is -0.117. The van der Waals surface area contributed by atoms with Crippen LogP contribution in [0.2, 0.25) is 0 Å². The number of benzene rings is 1. The second-order valence-electron chi connectivity index (χ2n) is 4.02. The van der Waals surface area contributed by atoms with Gasteiger partial charge in [0.15, 0.2) is 5.76 Å². The summed E-state index contributed by atoms with van der Waals surface area (Å²) in [6.45, 7) is 0. The summed E-state index contributed by atoms with van der Waals surface area (Å²) in [5, 5.41) is 3.19. The van der Waals surface area contributed by atoms with Gasteiger partial charge in [0.25, 0.3) is 0 Å². The van der Waals surface area contributed by atoms with Gasteiger partial charge in [-0.05, 0) is 18.2 Å². The van der Waals surface area contributed by atoms with Crippen molar-refractivity contribution in [3.8, 4) is 0 Å². The molecule has 0 spiro atoms. The zero-order chi connectivity index (χ0) is 12.7. The number of thioether (sulfide) groups is 1. The molecule has 1 heterocycles. The smallest absolute Gasteiger partial charge is 0.202 e. The number of ketones is 1. The largest absolute Gasteiger partial charge is 0.493 e. The van der Waals surface area contributed by atoms with Crippen LogP contribution >= 0.6 is 11.8 Å². The number of carbonyl (C=O) groups excluding carboxylic acids is 1. The maximum Gasteiger partial charge on any atom is 0.202 e. The summed E-state index contributed by atoms with van der Waals surface area (Å²) in [5.41, 5.74) is 1.71. The Morgan fingerprint density at radius 2 is 2.28 bits per heavy atom. The van der Waals surface area contributed by atoms with Crippen LogP contribution in [-0.4, -0.2) is 12.9 Å². The Labute approximate surface area is 108 Å².